The van der Waals surface area contributed by atoms with E-state index >= 15 is 0 Å². The zero-order valence-electron chi connectivity index (χ0n) is 10.5. The van der Waals surface area contributed by atoms with Gasteiger partial charge in [0, 0.05) is 32.6 Å². The molecule has 3 heteroatoms. The van der Waals surface area contributed by atoms with E-state index in [1.165, 1.54) is 0 Å². The largest absolute Gasteiger partial charge is 0.340 e. The number of amides is 1. The number of rotatable bonds is 2. The second kappa shape index (κ2) is 4.97. The Hall–Kier alpha value is -0.570. The van der Waals surface area contributed by atoms with Crippen LogP contribution in [-0.2, 0) is 4.79 Å². The first kappa shape index (κ1) is 12.5. The van der Waals surface area contributed by atoms with Crippen molar-refractivity contribution in [1.82, 2.24) is 9.80 Å². The van der Waals surface area contributed by atoms with E-state index in [9.17, 15) is 4.79 Å². The molecule has 0 aromatic carbocycles. The molecule has 0 aromatic rings. The summed E-state index contributed by atoms with van der Waals surface area (Å²) in [6.45, 7) is 13.5. The van der Waals surface area contributed by atoms with Crippen molar-refractivity contribution in [3.8, 4) is 0 Å². The van der Waals surface area contributed by atoms with Crippen LogP contribution in [0.2, 0.25) is 0 Å². The highest BCUT2D eigenvalue weighted by Crippen LogP contribution is 2.20. The van der Waals surface area contributed by atoms with Crippen LogP contribution < -0.4 is 0 Å². The zero-order chi connectivity index (χ0) is 11.5. The van der Waals surface area contributed by atoms with Crippen LogP contribution in [0.1, 0.15) is 34.1 Å². The molecule has 1 amide bonds. The Labute approximate surface area is 93.4 Å². The van der Waals surface area contributed by atoms with Crippen molar-refractivity contribution in [1.29, 1.82) is 0 Å². The van der Waals surface area contributed by atoms with Gasteiger partial charge in [0.2, 0.25) is 5.91 Å². The maximum Gasteiger partial charge on any atom is 0.223 e. The molecule has 1 rings (SSSR count). The average molecular weight is 212 g/mol. The lowest BCUT2D eigenvalue weighted by molar-refractivity contribution is -0.134. The monoisotopic (exact) mass is 212 g/mol. The summed E-state index contributed by atoms with van der Waals surface area (Å²) in [5.74, 6) is 0.318. The quantitative estimate of drug-likeness (QED) is 0.694. The molecule has 3 nitrogen and oxygen atoms in total. The second-order valence-corrected chi connectivity index (χ2v) is 5.55. The van der Waals surface area contributed by atoms with Gasteiger partial charge < -0.3 is 9.80 Å². The third kappa shape index (κ3) is 4.20. The Kier molecular flexibility index (Phi) is 4.14. The Balaban J connectivity index is 2.37. The predicted molar refractivity (Wildman–Crippen MR) is 62.8 cm³/mol. The third-order valence-corrected chi connectivity index (χ3v) is 2.85. The van der Waals surface area contributed by atoms with E-state index in [2.05, 4.69) is 32.6 Å². The first-order valence-corrected chi connectivity index (χ1v) is 5.92. The highest BCUT2D eigenvalue weighted by Gasteiger charge is 2.23. The standard InChI is InChI=1S/C12H24N2O/c1-5-13-6-8-14(9-7-13)11(15)10-12(2,3)4/h5-10H2,1-4H3. The van der Waals surface area contributed by atoms with Crippen LogP contribution in [0, 0.1) is 5.41 Å². The number of nitrogens with zero attached hydrogens (tertiary/aromatic N) is 2. The topological polar surface area (TPSA) is 23.6 Å². The maximum atomic E-state index is 11.9. The third-order valence-electron chi connectivity index (χ3n) is 2.85. The molecule has 0 atom stereocenters. The van der Waals surface area contributed by atoms with Gasteiger partial charge in [0.15, 0.2) is 0 Å². The molecule has 0 bridgehead atoms. The molecule has 0 aromatic heterocycles. The Morgan fingerprint density at radius 1 is 1.13 bits per heavy atom. The average Bonchev–Trinajstić information content (AvgIpc) is 2.15. The number of carbonyl (C=O) groups excluding carboxylic acids is 1. The van der Waals surface area contributed by atoms with Crippen molar-refractivity contribution in [2.24, 2.45) is 5.41 Å². The number of piperazine rings is 1. The van der Waals surface area contributed by atoms with Crippen LogP contribution in [0.25, 0.3) is 0 Å². The predicted octanol–water partition coefficient (Wildman–Crippen LogP) is 1.59. The SMILES string of the molecule is CCN1CCN(C(=O)CC(C)(C)C)CC1. The van der Waals surface area contributed by atoms with Gasteiger partial charge in [-0.25, -0.2) is 0 Å². The van der Waals surface area contributed by atoms with Gasteiger partial charge >= 0.3 is 0 Å². The Morgan fingerprint density at radius 3 is 2.07 bits per heavy atom. The fraction of sp³-hybridized carbons (Fsp3) is 0.917. The fourth-order valence-electron chi connectivity index (χ4n) is 1.88. The molecule has 0 N–H and O–H groups in total. The molecule has 1 heterocycles. The van der Waals surface area contributed by atoms with Gasteiger partial charge in [-0.1, -0.05) is 27.7 Å². The van der Waals surface area contributed by atoms with Gasteiger partial charge in [0.05, 0.1) is 0 Å². The summed E-state index contributed by atoms with van der Waals surface area (Å²) < 4.78 is 0. The van der Waals surface area contributed by atoms with Gasteiger partial charge in [-0.2, -0.15) is 0 Å². The van der Waals surface area contributed by atoms with E-state index in [1.54, 1.807) is 0 Å². The molecule has 1 aliphatic heterocycles. The van der Waals surface area contributed by atoms with Crippen LogP contribution in [0.5, 0.6) is 0 Å². The summed E-state index contributed by atoms with van der Waals surface area (Å²) in [6.07, 6.45) is 0.666. The lowest BCUT2D eigenvalue weighted by Crippen LogP contribution is -2.49. The van der Waals surface area contributed by atoms with Crippen LogP contribution in [0.15, 0.2) is 0 Å². The van der Waals surface area contributed by atoms with Crippen LogP contribution in [-0.4, -0.2) is 48.4 Å². The van der Waals surface area contributed by atoms with Crippen LogP contribution in [0.3, 0.4) is 0 Å². The molecule has 0 radical (unpaired) electrons. The second-order valence-electron chi connectivity index (χ2n) is 5.55. The Bertz CT molecular complexity index is 212. The molecule has 1 aliphatic rings. The molecule has 0 saturated carbocycles. The number of likely N-dealkylation sites (N-methyl/N-ethyl adjacent to an activating group) is 1. The Morgan fingerprint density at radius 2 is 1.67 bits per heavy atom. The number of hydrogen-bond acceptors (Lipinski definition) is 2. The van der Waals surface area contributed by atoms with E-state index in [1.807, 2.05) is 4.90 Å². The molecule has 0 spiro atoms. The van der Waals surface area contributed by atoms with Crippen LogP contribution in [0.4, 0.5) is 0 Å². The summed E-state index contributed by atoms with van der Waals surface area (Å²) >= 11 is 0. The smallest absolute Gasteiger partial charge is 0.223 e. The minimum absolute atomic E-state index is 0.110. The molecule has 15 heavy (non-hydrogen) atoms. The van der Waals surface area contributed by atoms with Gasteiger partial charge in [0.1, 0.15) is 0 Å². The molecular formula is C12H24N2O. The van der Waals surface area contributed by atoms with E-state index in [-0.39, 0.29) is 5.41 Å². The fourth-order valence-corrected chi connectivity index (χ4v) is 1.88. The van der Waals surface area contributed by atoms with Gasteiger partial charge in [-0.15, -0.1) is 0 Å². The summed E-state index contributed by atoms with van der Waals surface area (Å²) in [6, 6.07) is 0. The van der Waals surface area contributed by atoms with Crippen molar-refractivity contribution in [3.05, 3.63) is 0 Å². The number of hydrogen-bond donors (Lipinski definition) is 0. The molecule has 1 saturated heterocycles. The van der Waals surface area contributed by atoms with Crippen molar-refractivity contribution in [2.75, 3.05) is 32.7 Å². The van der Waals surface area contributed by atoms with Crippen molar-refractivity contribution >= 4 is 5.91 Å². The van der Waals surface area contributed by atoms with Crippen molar-refractivity contribution in [2.45, 2.75) is 34.1 Å². The molecular weight excluding hydrogens is 188 g/mol. The minimum Gasteiger partial charge on any atom is -0.340 e. The van der Waals surface area contributed by atoms with Gasteiger partial charge in [0.25, 0.3) is 0 Å². The molecule has 1 fully saturated rings. The molecule has 88 valence electrons. The van der Waals surface area contributed by atoms with Crippen LogP contribution >= 0.6 is 0 Å². The highest BCUT2D eigenvalue weighted by atomic mass is 16.2. The highest BCUT2D eigenvalue weighted by molar-refractivity contribution is 5.76. The normalized spacial score (nSPS) is 19.3. The summed E-state index contributed by atoms with van der Waals surface area (Å²) in [5.41, 5.74) is 0.110. The van der Waals surface area contributed by atoms with Crippen molar-refractivity contribution in [3.63, 3.8) is 0 Å². The lowest BCUT2D eigenvalue weighted by atomic mass is 9.91. The van der Waals surface area contributed by atoms with E-state index in [0.717, 1.165) is 32.7 Å². The molecule has 0 unspecified atom stereocenters. The summed E-state index contributed by atoms with van der Waals surface area (Å²) in [5, 5.41) is 0. The van der Waals surface area contributed by atoms with Crippen molar-refractivity contribution < 1.29 is 4.79 Å². The maximum absolute atomic E-state index is 11.9. The lowest BCUT2D eigenvalue weighted by Gasteiger charge is -2.35. The van der Waals surface area contributed by atoms with E-state index in [0.29, 0.717) is 12.3 Å². The summed E-state index contributed by atoms with van der Waals surface area (Å²) in [4.78, 5) is 16.3. The zero-order valence-corrected chi connectivity index (χ0v) is 10.5. The van der Waals surface area contributed by atoms with E-state index < -0.39 is 0 Å². The first-order chi connectivity index (χ1) is 6.92. The van der Waals surface area contributed by atoms with Gasteiger partial charge in [-0.05, 0) is 12.0 Å². The van der Waals surface area contributed by atoms with E-state index in [4.69, 9.17) is 0 Å². The summed E-state index contributed by atoms with van der Waals surface area (Å²) in [7, 11) is 0. The molecule has 0 aliphatic carbocycles. The van der Waals surface area contributed by atoms with Gasteiger partial charge in [-0.3, -0.25) is 4.79 Å². The minimum atomic E-state index is 0.110. The first-order valence-electron chi connectivity index (χ1n) is 5.92. The number of carbonyl (C=O) groups is 1.